The summed E-state index contributed by atoms with van der Waals surface area (Å²) >= 11 is 0. The lowest BCUT2D eigenvalue weighted by Gasteiger charge is -2.44. The molecule has 1 aliphatic carbocycles. The Morgan fingerprint density at radius 2 is 2.19 bits per heavy atom. The van der Waals surface area contributed by atoms with Crippen LogP contribution in [0.5, 0.6) is 0 Å². The van der Waals surface area contributed by atoms with Gasteiger partial charge >= 0.3 is 5.97 Å². The van der Waals surface area contributed by atoms with E-state index >= 15 is 0 Å². The van der Waals surface area contributed by atoms with E-state index in [0.717, 1.165) is 19.5 Å². The highest BCUT2D eigenvalue weighted by Gasteiger charge is 2.42. The van der Waals surface area contributed by atoms with E-state index in [1.165, 1.54) is 12.8 Å². The maximum absolute atomic E-state index is 10.8. The van der Waals surface area contributed by atoms with Gasteiger partial charge in [0.05, 0.1) is 12.0 Å². The van der Waals surface area contributed by atoms with Crippen molar-refractivity contribution in [1.82, 2.24) is 10.6 Å². The molecule has 1 saturated heterocycles. The molecule has 2 aliphatic rings. The van der Waals surface area contributed by atoms with Crippen molar-refractivity contribution in [2.75, 3.05) is 13.1 Å². The molecular weight excluding hydrogens is 204 g/mol. The first-order valence-corrected chi connectivity index (χ1v) is 6.11. The van der Waals surface area contributed by atoms with Crippen LogP contribution in [0, 0.1) is 5.41 Å². The lowest BCUT2D eigenvalue weighted by molar-refractivity contribution is -0.139. The summed E-state index contributed by atoms with van der Waals surface area (Å²) in [5.74, 6) is -0.703. The SMILES string of the molecule is CC1(C)CCC(NC2(CC(=O)O)CNC2)C1. The zero-order chi connectivity index (χ0) is 11.8. The van der Waals surface area contributed by atoms with Crippen LogP contribution in [0.25, 0.3) is 0 Å². The van der Waals surface area contributed by atoms with Crippen LogP contribution in [-0.2, 0) is 4.79 Å². The Hall–Kier alpha value is -0.610. The van der Waals surface area contributed by atoms with Crippen molar-refractivity contribution in [1.29, 1.82) is 0 Å². The molecule has 1 saturated carbocycles. The number of rotatable bonds is 4. The molecule has 16 heavy (non-hydrogen) atoms. The van der Waals surface area contributed by atoms with E-state index in [-0.39, 0.29) is 12.0 Å². The normalized spacial score (nSPS) is 31.0. The molecule has 3 N–H and O–H groups in total. The van der Waals surface area contributed by atoms with Crippen LogP contribution < -0.4 is 10.6 Å². The highest BCUT2D eigenvalue weighted by Crippen LogP contribution is 2.38. The number of carbonyl (C=O) groups is 1. The Labute approximate surface area is 96.8 Å². The van der Waals surface area contributed by atoms with Gasteiger partial charge in [0.1, 0.15) is 0 Å². The van der Waals surface area contributed by atoms with Crippen molar-refractivity contribution in [2.24, 2.45) is 5.41 Å². The first kappa shape index (κ1) is 11.9. The van der Waals surface area contributed by atoms with Crippen LogP contribution in [-0.4, -0.2) is 35.7 Å². The standard InChI is InChI=1S/C12H22N2O2/c1-11(2)4-3-9(5-11)14-12(6-10(15)16)7-13-8-12/h9,13-14H,3-8H2,1-2H3,(H,15,16). The van der Waals surface area contributed by atoms with Crippen LogP contribution >= 0.6 is 0 Å². The Bertz CT molecular complexity index is 285. The minimum atomic E-state index is -0.703. The van der Waals surface area contributed by atoms with Gasteiger partial charge in [0.25, 0.3) is 0 Å². The van der Waals surface area contributed by atoms with E-state index in [1.807, 2.05) is 0 Å². The molecule has 2 fully saturated rings. The average Bonchev–Trinajstić information content (AvgIpc) is 2.40. The number of carboxylic acid groups (broad SMARTS) is 1. The number of hydrogen-bond acceptors (Lipinski definition) is 3. The van der Waals surface area contributed by atoms with Crippen molar-refractivity contribution < 1.29 is 9.90 Å². The summed E-state index contributed by atoms with van der Waals surface area (Å²) in [6.45, 7) is 6.15. The largest absolute Gasteiger partial charge is 0.481 e. The summed E-state index contributed by atoms with van der Waals surface area (Å²) < 4.78 is 0. The van der Waals surface area contributed by atoms with E-state index in [4.69, 9.17) is 5.11 Å². The Morgan fingerprint density at radius 1 is 1.50 bits per heavy atom. The first-order chi connectivity index (χ1) is 7.41. The monoisotopic (exact) mass is 226 g/mol. The molecule has 0 spiro atoms. The van der Waals surface area contributed by atoms with Gasteiger partial charge in [0.15, 0.2) is 0 Å². The quantitative estimate of drug-likeness (QED) is 0.668. The van der Waals surface area contributed by atoms with Gasteiger partial charge in [-0.15, -0.1) is 0 Å². The lowest BCUT2D eigenvalue weighted by atomic mass is 9.86. The number of nitrogens with one attached hydrogen (secondary N) is 2. The lowest BCUT2D eigenvalue weighted by Crippen LogP contribution is -2.70. The summed E-state index contributed by atoms with van der Waals surface area (Å²) in [5, 5.41) is 15.7. The van der Waals surface area contributed by atoms with Crippen molar-refractivity contribution in [3.05, 3.63) is 0 Å². The van der Waals surface area contributed by atoms with Gasteiger partial charge in [-0.1, -0.05) is 13.8 Å². The molecule has 1 unspecified atom stereocenters. The maximum Gasteiger partial charge on any atom is 0.305 e. The van der Waals surface area contributed by atoms with Gasteiger partial charge in [-0.2, -0.15) is 0 Å². The highest BCUT2D eigenvalue weighted by atomic mass is 16.4. The van der Waals surface area contributed by atoms with Gasteiger partial charge in [0, 0.05) is 19.1 Å². The number of carboxylic acids is 1. The summed E-state index contributed by atoms with van der Waals surface area (Å²) in [6, 6.07) is 0.497. The van der Waals surface area contributed by atoms with Crippen LogP contribution in [0.2, 0.25) is 0 Å². The van der Waals surface area contributed by atoms with E-state index in [9.17, 15) is 4.79 Å². The molecule has 1 atom stereocenters. The molecule has 4 heteroatoms. The van der Waals surface area contributed by atoms with E-state index in [0.29, 0.717) is 11.5 Å². The fourth-order valence-electron chi connectivity index (χ4n) is 2.99. The molecule has 2 rings (SSSR count). The first-order valence-electron chi connectivity index (χ1n) is 6.11. The molecule has 0 aromatic heterocycles. The second kappa shape index (κ2) is 4.00. The molecular formula is C12H22N2O2. The fraction of sp³-hybridized carbons (Fsp3) is 0.917. The smallest absolute Gasteiger partial charge is 0.305 e. The van der Waals surface area contributed by atoms with E-state index in [1.54, 1.807) is 0 Å². The highest BCUT2D eigenvalue weighted by molar-refractivity contribution is 5.68. The third-order valence-corrected chi connectivity index (χ3v) is 3.90. The fourth-order valence-corrected chi connectivity index (χ4v) is 2.99. The van der Waals surface area contributed by atoms with Crippen LogP contribution in [0.15, 0.2) is 0 Å². The maximum atomic E-state index is 10.8. The number of hydrogen-bond donors (Lipinski definition) is 3. The van der Waals surface area contributed by atoms with Gasteiger partial charge in [-0.05, 0) is 24.7 Å². The van der Waals surface area contributed by atoms with Gasteiger partial charge < -0.3 is 15.7 Å². The van der Waals surface area contributed by atoms with Crippen molar-refractivity contribution in [2.45, 2.75) is 51.1 Å². The summed E-state index contributed by atoms with van der Waals surface area (Å²) in [6.07, 6.45) is 3.81. The topological polar surface area (TPSA) is 61.4 Å². The van der Waals surface area contributed by atoms with Crippen LogP contribution in [0.1, 0.15) is 39.5 Å². The predicted molar refractivity (Wildman–Crippen MR) is 62.4 cm³/mol. The minimum absolute atomic E-state index is 0.184. The number of aliphatic carboxylic acids is 1. The van der Waals surface area contributed by atoms with Gasteiger partial charge in [0.2, 0.25) is 0 Å². The summed E-state index contributed by atoms with van der Waals surface area (Å²) in [4.78, 5) is 10.8. The van der Waals surface area contributed by atoms with Crippen molar-refractivity contribution in [3.63, 3.8) is 0 Å². The molecule has 92 valence electrons. The second-order valence-electron chi connectivity index (χ2n) is 6.20. The third-order valence-electron chi connectivity index (χ3n) is 3.90. The molecule has 4 nitrogen and oxygen atoms in total. The van der Waals surface area contributed by atoms with Gasteiger partial charge in [-0.25, -0.2) is 0 Å². The molecule has 0 aromatic carbocycles. The zero-order valence-corrected chi connectivity index (χ0v) is 10.2. The van der Waals surface area contributed by atoms with Crippen LogP contribution in [0.3, 0.4) is 0 Å². The Kier molecular flexibility index (Phi) is 2.97. The third kappa shape index (κ3) is 2.55. The minimum Gasteiger partial charge on any atom is -0.481 e. The van der Waals surface area contributed by atoms with Crippen molar-refractivity contribution in [3.8, 4) is 0 Å². The van der Waals surface area contributed by atoms with E-state index < -0.39 is 5.97 Å². The molecule has 1 heterocycles. The Balaban J connectivity index is 1.90. The molecule has 1 aliphatic heterocycles. The Morgan fingerprint density at radius 3 is 2.56 bits per heavy atom. The predicted octanol–water partition coefficient (Wildman–Crippen LogP) is 0.971. The average molecular weight is 226 g/mol. The van der Waals surface area contributed by atoms with E-state index in [2.05, 4.69) is 24.5 Å². The summed E-state index contributed by atoms with van der Waals surface area (Å²) in [5.41, 5.74) is 0.232. The zero-order valence-electron chi connectivity index (χ0n) is 10.2. The molecule has 0 amide bonds. The van der Waals surface area contributed by atoms with Crippen LogP contribution in [0.4, 0.5) is 0 Å². The van der Waals surface area contributed by atoms with Gasteiger partial charge in [-0.3, -0.25) is 4.79 Å². The second-order valence-corrected chi connectivity index (χ2v) is 6.20. The molecule has 0 aromatic rings. The summed E-state index contributed by atoms with van der Waals surface area (Å²) in [7, 11) is 0. The molecule has 0 radical (unpaired) electrons. The molecule has 0 bridgehead atoms. The van der Waals surface area contributed by atoms with Crippen molar-refractivity contribution >= 4 is 5.97 Å².